The Balaban J connectivity index is 2.96. The molecule has 0 aliphatic carbocycles. The van der Waals surface area contributed by atoms with Gasteiger partial charge in [-0.15, -0.1) is 0 Å². The predicted molar refractivity (Wildman–Crippen MR) is 65.2 cm³/mol. The number of nitrogens with two attached hydrogens (primary N) is 1. The van der Waals surface area contributed by atoms with Crippen LogP contribution in [-0.4, -0.2) is 40.9 Å². The molecule has 94 valence electrons. The molecule has 0 spiro atoms. The summed E-state index contributed by atoms with van der Waals surface area (Å²) in [4.78, 5) is 16.9. The molecule has 0 bridgehead atoms. The van der Waals surface area contributed by atoms with Gasteiger partial charge in [0.05, 0.1) is 17.4 Å². The van der Waals surface area contributed by atoms with E-state index < -0.39 is 5.97 Å². The molecule has 1 heterocycles. The van der Waals surface area contributed by atoms with Crippen LogP contribution >= 0.6 is 0 Å². The fourth-order valence-electron chi connectivity index (χ4n) is 1.51. The van der Waals surface area contributed by atoms with E-state index in [9.17, 15) is 4.79 Å². The standard InChI is InChI=1S/C11H17N3O3/c1-2-14(4-3-5-15)10-6-8(11(16)17)9(12)7-13-10/h6-7,15H,2-5,12H2,1H3,(H,16,17). The zero-order valence-corrected chi connectivity index (χ0v) is 9.76. The number of nitrogens with zero attached hydrogens (tertiary/aromatic N) is 2. The number of carbonyl (C=O) groups is 1. The molecule has 1 rings (SSSR count). The van der Waals surface area contributed by atoms with Gasteiger partial charge in [-0.1, -0.05) is 0 Å². The second kappa shape index (κ2) is 6.05. The van der Waals surface area contributed by atoms with Gasteiger partial charge in [0.15, 0.2) is 0 Å². The summed E-state index contributed by atoms with van der Waals surface area (Å²) in [5.74, 6) is -0.503. The van der Waals surface area contributed by atoms with E-state index in [0.29, 0.717) is 25.3 Å². The van der Waals surface area contributed by atoms with Crippen LogP contribution in [0.3, 0.4) is 0 Å². The van der Waals surface area contributed by atoms with Gasteiger partial charge in [-0.05, 0) is 19.4 Å². The molecule has 17 heavy (non-hydrogen) atoms. The second-order valence-corrected chi connectivity index (χ2v) is 3.59. The van der Waals surface area contributed by atoms with Gasteiger partial charge < -0.3 is 20.8 Å². The van der Waals surface area contributed by atoms with Crippen molar-refractivity contribution in [2.24, 2.45) is 0 Å². The summed E-state index contributed by atoms with van der Waals surface area (Å²) in [5.41, 5.74) is 5.74. The quantitative estimate of drug-likeness (QED) is 0.671. The maximum absolute atomic E-state index is 10.9. The highest BCUT2D eigenvalue weighted by Gasteiger charge is 2.12. The molecule has 0 atom stereocenters. The first-order valence-corrected chi connectivity index (χ1v) is 5.44. The number of pyridine rings is 1. The average molecular weight is 239 g/mol. The van der Waals surface area contributed by atoms with Gasteiger partial charge in [-0.25, -0.2) is 9.78 Å². The smallest absolute Gasteiger partial charge is 0.337 e. The Morgan fingerprint density at radius 1 is 1.59 bits per heavy atom. The van der Waals surface area contributed by atoms with Crippen LogP contribution in [-0.2, 0) is 0 Å². The molecule has 0 fully saturated rings. The number of rotatable bonds is 6. The number of aromatic carboxylic acids is 1. The van der Waals surface area contributed by atoms with E-state index in [4.69, 9.17) is 15.9 Å². The number of aromatic nitrogens is 1. The van der Waals surface area contributed by atoms with E-state index >= 15 is 0 Å². The van der Waals surface area contributed by atoms with Crippen LogP contribution in [0.4, 0.5) is 11.5 Å². The second-order valence-electron chi connectivity index (χ2n) is 3.59. The largest absolute Gasteiger partial charge is 0.478 e. The highest BCUT2D eigenvalue weighted by molar-refractivity contribution is 5.94. The first kappa shape index (κ1) is 13.2. The molecule has 0 radical (unpaired) electrons. The summed E-state index contributed by atoms with van der Waals surface area (Å²) in [6, 6.07) is 1.46. The molecule has 6 nitrogen and oxygen atoms in total. The van der Waals surface area contributed by atoms with Crippen molar-refractivity contribution in [3.8, 4) is 0 Å². The van der Waals surface area contributed by atoms with E-state index in [1.165, 1.54) is 12.3 Å². The number of nitrogen functional groups attached to an aromatic ring is 1. The summed E-state index contributed by atoms with van der Waals surface area (Å²) in [6.07, 6.45) is 1.96. The molecule has 0 unspecified atom stereocenters. The Kier molecular flexibility index (Phi) is 4.71. The van der Waals surface area contributed by atoms with Crippen LogP contribution in [0.25, 0.3) is 0 Å². The minimum absolute atomic E-state index is 0.0532. The third kappa shape index (κ3) is 3.32. The van der Waals surface area contributed by atoms with Crippen LogP contribution in [0, 0.1) is 0 Å². The van der Waals surface area contributed by atoms with Crippen LogP contribution in [0.2, 0.25) is 0 Å². The molecule has 6 heteroatoms. The number of anilines is 2. The lowest BCUT2D eigenvalue weighted by atomic mass is 10.2. The van der Waals surface area contributed by atoms with E-state index in [1.807, 2.05) is 11.8 Å². The van der Waals surface area contributed by atoms with Crippen LogP contribution in [0.5, 0.6) is 0 Å². The number of carboxylic acid groups (broad SMARTS) is 1. The molecule has 4 N–H and O–H groups in total. The molecule has 0 aromatic carbocycles. The van der Waals surface area contributed by atoms with Crippen LogP contribution in [0.1, 0.15) is 23.7 Å². The summed E-state index contributed by atoms with van der Waals surface area (Å²) >= 11 is 0. The van der Waals surface area contributed by atoms with Crippen molar-refractivity contribution in [2.75, 3.05) is 30.3 Å². The van der Waals surface area contributed by atoms with Gasteiger partial charge >= 0.3 is 5.97 Å². The third-order valence-electron chi connectivity index (χ3n) is 2.44. The Hall–Kier alpha value is -1.82. The van der Waals surface area contributed by atoms with Crippen molar-refractivity contribution < 1.29 is 15.0 Å². The van der Waals surface area contributed by atoms with Crippen molar-refractivity contribution in [3.63, 3.8) is 0 Å². The summed E-state index contributed by atoms with van der Waals surface area (Å²) in [7, 11) is 0. The van der Waals surface area contributed by atoms with Gasteiger partial charge in [-0.3, -0.25) is 0 Å². The van der Waals surface area contributed by atoms with E-state index in [2.05, 4.69) is 4.98 Å². The van der Waals surface area contributed by atoms with E-state index in [1.54, 1.807) is 0 Å². The fourth-order valence-corrected chi connectivity index (χ4v) is 1.51. The zero-order valence-electron chi connectivity index (χ0n) is 9.76. The number of carboxylic acids is 1. The highest BCUT2D eigenvalue weighted by Crippen LogP contribution is 2.18. The molecule has 1 aromatic heterocycles. The predicted octanol–water partition coefficient (Wildman–Crippen LogP) is 0.571. The SMILES string of the molecule is CCN(CCCO)c1cc(C(=O)O)c(N)cn1. The minimum Gasteiger partial charge on any atom is -0.478 e. The third-order valence-corrected chi connectivity index (χ3v) is 2.44. The Labute approximate surface area is 99.7 Å². The van der Waals surface area contributed by atoms with Gasteiger partial charge in [0.1, 0.15) is 5.82 Å². The van der Waals surface area contributed by atoms with Crippen molar-refractivity contribution in [2.45, 2.75) is 13.3 Å². The Bertz CT molecular complexity index is 396. The lowest BCUT2D eigenvalue weighted by Crippen LogP contribution is -2.26. The number of aliphatic hydroxyl groups is 1. The molecular formula is C11H17N3O3. The van der Waals surface area contributed by atoms with Gasteiger partial charge in [0, 0.05) is 19.7 Å². The van der Waals surface area contributed by atoms with Crippen LogP contribution in [0.15, 0.2) is 12.3 Å². The summed E-state index contributed by atoms with van der Waals surface area (Å²) in [6.45, 7) is 3.35. The Morgan fingerprint density at radius 2 is 2.29 bits per heavy atom. The lowest BCUT2D eigenvalue weighted by Gasteiger charge is -2.21. The summed E-state index contributed by atoms with van der Waals surface area (Å²) < 4.78 is 0. The monoisotopic (exact) mass is 239 g/mol. The number of aliphatic hydroxyl groups excluding tert-OH is 1. The summed E-state index contributed by atoms with van der Waals surface area (Å²) in [5, 5.41) is 17.7. The first-order valence-electron chi connectivity index (χ1n) is 5.44. The molecule has 0 saturated carbocycles. The molecule has 0 aliphatic heterocycles. The van der Waals surface area contributed by atoms with Gasteiger partial charge in [0.2, 0.25) is 0 Å². The molecule has 0 aliphatic rings. The van der Waals surface area contributed by atoms with Crippen molar-refractivity contribution in [1.29, 1.82) is 0 Å². The van der Waals surface area contributed by atoms with Crippen molar-refractivity contribution in [1.82, 2.24) is 4.98 Å². The number of hydrogen-bond donors (Lipinski definition) is 3. The molecule has 0 saturated heterocycles. The average Bonchev–Trinajstić information content (AvgIpc) is 2.31. The highest BCUT2D eigenvalue weighted by atomic mass is 16.4. The normalized spacial score (nSPS) is 10.2. The maximum Gasteiger partial charge on any atom is 0.337 e. The van der Waals surface area contributed by atoms with E-state index in [-0.39, 0.29) is 17.9 Å². The van der Waals surface area contributed by atoms with Gasteiger partial charge in [0.25, 0.3) is 0 Å². The van der Waals surface area contributed by atoms with Crippen molar-refractivity contribution >= 4 is 17.5 Å². The zero-order chi connectivity index (χ0) is 12.8. The van der Waals surface area contributed by atoms with Crippen molar-refractivity contribution in [3.05, 3.63) is 17.8 Å². The maximum atomic E-state index is 10.9. The topological polar surface area (TPSA) is 99.7 Å². The minimum atomic E-state index is -1.07. The fraction of sp³-hybridized carbons (Fsp3) is 0.455. The molecule has 0 amide bonds. The molecular weight excluding hydrogens is 222 g/mol. The lowest BCUT2D eigenvalue weighted by molar-refractivity contribution is 0.0698. The van der Waals surface area contributed by atoms with E-state index in [0.717, 1.165) is 0 Å². The first-order chi connectivity index (χ1) is 8.10. The number of hydrogen-bond acceptors (Lipinski definition) is 5. The van der Waals surface area contributed by atoms with Crippen LogP contribution < -0.4 is 10.6 Å². The molecule has 1 aromatic rings. The Morgan fingerprint density at radius 3 is 2.82 bits per heavy atom. The van der Waals surface area contributed by atoms with Gasteiger partial charge in [-0.2, -0.15) is 0 Å².